The van der Waals surface area contributed by atoms with Gasteiger partial charge in [-0.05, 0) is 19.1 Å². The molecule has 0 atom stereocenters. The quantitative estimate of drug-likeness (QED) is 0.324. The second kappa shape index (κ2) is 8.31. The van der Waals surface area contributed by atoms with E-state index in [-0.39, 0.29) is 45.5 Å². The summed E-state index contributed by atoms with van der Waals surface area (Å²) in [6, 6.07) is 6.16. The van der Waals surface area contributed by atoms with E-state index in [1.807, 2.05) is 0 Å². The van der Waals surface area contributed by atoms with Crippen molar-refractivity contribution in [2.45, 2.75) is 6.92 Å². The van der Waals surface area contributed by atoms with Crippen molar-refractivity contribution in [3.05, 3.63) is 57.4 Å². The van der Waals surface area contributed by atoms with Crippen LogP contribution in [0.15, 0.2) is 46.3 Å². The number of aldehydes is 1. The highest BCUT2D eigenvalue weighted by Crippen LogP contribution is 2.33. The Balaban J connectivity index is 2.10. The number of fused-ring (bicyclic) bond motifs is 1. The first-order chi connectivity index (χ1) is 13.9. The van der Waals surface area contributed by atoms with Crippen LogP contribution in [0, 0.1) is 0 Å². The molecule has 0 unspecified atom stereocenters. The Morgan fingerprint density at radius 3 is 2.34 bits per heavy atom. The van der Waals surface area contributed by atoms with Gasteiger partial charge in [0.25, 0.3) is 11.8 Å². The van der Waals surface area contributed by atoms with E-state index in [9.17, 15) is 24.0 Å². The highest BCUT2D eigenvalue weighted by Gasteiger charge is 2.42. The number of hydrogen-bond acceptors (Lipinski definition) is 9. The molecule has 1 aromatic carbocycles. The largest absolute Gasteiger partial charge is 0.464 e. The van der Waals surface area contributed by atoms with Crippen LogP contribution in [0.4, 0.5) is 0 Å². The number of nitrogens with one attached hydrogen (secondary N) is 1. The lowest BCUT2D eigenvalue weighted by Gasteiger charge is -2.25. The second-order valence-corrected chi connectivity index (χ2v) is 6.80. The van der Waals surface area contributed by atoms with Gasteiger partial charge in [-0.2, -0.15) is 0 Å². The van der Waals surface area contributed by atoms with Crippen molar-refractivity contribution in [3.8, 4) is 0 Å². The summed E-state index contributed by atoms with van der Waals surface area (Å²) in [4.78, 5) is 62.4. The van der Waals surface area contributed by atoms with Crippen LogP contribution in [0.5, 0.6) is 0 Å². The third-order valence-electron chi connectivity index (χ3n) is 4.16. The lowest BCUT2D eigenvalue weighted by molar-refractivity contribution is -0.139. The normalized spacial score (nSPS) is 17.5. The fraction of sp³-hybridized carbons (Fsp3) is 0.211. The maximum Gasteiger partial charge on any atom is 0.358 e. The van der Waals surface area contributed by atoms with Crippen molar-refractivity contribution in [1.29, 1.82) is 0 Å². The molecule has 3 rings (SSSR count). The van der Waals surface area contributed by atoms with Crippen LogP contribution in [0.2, 0.25) is 0 Å². The van der Waals surface area contributed by atoms with Gasteiger partial charge >= 0.3 is 11.9 Å². The van der Waals surface area contributed by atoms with Gasteiger partial charge in [0.1, 0.15) is 17.0 Å². The second-order valence-electron chi connectivity index (χ2n) is 5.81. The zero-order valence-corrected chi connectivity index (χ0v) is 16.3. The molecule has 0 aliphatic carbocycles. The average molecular weight is 416 g/mol. The minimum Gasteiger partial charge on any atom is -0.464 e. The van der Waals surface area contributed by atoms with E-state index >= 15 is 0 Å². The molecule has 0 fully saturated rings. The molecule has 1 N–H and O–H groups in total. The van der Waals surface area contributed by atoms with Crippen LogP contribution in [-0.4, -0.2) is 54.4 Å². The minimum atomic E-state index is -0.952. The number of ether oxygens (including phenoxy) is 2. The summed E-state index contributed by atoms with van der Waals surface area (Å²) in [6.45, 7) is 1.68. The number of imide groups is 1. The van der Waals surface area contributed by atoms with Crippen molar-refractivity contribution in [2.24, 2.45) is 0 Å². The van der Waals surface area contributed by atoms with E-state index in [0.29, 0.717) is 11.2 Å². The van der Waals surface area contributed by atoms with E-state index in [0.717, 1.165) is 18.9 Å². The molecule has 2 aliphatic heterocycles. The van der Waals surface area contributed by atoms with Crippen LogP contribution >= 0.6 is 11.8 Å². The molecular weight excluding hydrogens is 400 g/mol. The zero-order chi connectivity index (χ0) is 21.1. The molecule has 0 bridgehead atoms. The van der Waals surface area contributed by atoms with Crippen LogP contribution < -0.4 is 5.32 Å². The standard InChI is InChI=1S/C19H16N2O7S/c1-3-28-18(25)13-10(8-22)9-29-15(20-13)14(19(26)27-2)21-16(23)11-6-4-5-7-12(11)17(21)24/h4-8,20H,3,9H2,1-2H3/b15-14-. The van der Waals surface area contributed by atoms with Gasteiger partial charge in [0, 0.05) is 11.3 Å². The minimum absolute atomic E-state index is 0.0278. The number of nitrogens with zero attached hydrogens (tertiary/aromatic N) is 1. The number of thioether (sulfide) groups is 1. The van der Waals surface area contributed by atoms with E-state index in [2.05, 4.69) is 5.32 Å². The Bertz CT molecular complexity index is 961. The smallest absolute Gasteiger partial charge is 0.358 e. The maximum absolute atomic E-state index is 12.8. The number of hydrogen-bond donors (Lipinski definition) is 1. The van der Waals surface area contributed by atoms with Gasteiger partial charge in [-0.1, -0.05) is 12.1 Å². The topological polar surface area (TPSA) is 119 Å². The van der Waals surface area contributed by atoms with Crippen LogP contribution in [0.25, 0.3) is 0 Å². The third kappa shape index (κ3) is 3.54. The number of carbonyl (C=O) groups is 5. The average Bonchev–Trinajstić information content (AvgIpc) is 2.99. The maximum atomic E-state index is 12.8. The summed E-state index contributed by atoms with van der Waals surface area (Å²) in [5.41, 5.74) is -0.0991. The monoisotopic (exact) mass is 416 g/mol. The highest BCUT2D eigenvalue weighted by atomic mass is 32.2. The van der Waals surface area contributed by atoms with Gasteiger partial charge in [0.15, 0.2) is 5.70 Å². The van der Waals surface area contributed by atoms with Crippen molar-refractivity contribution >= 4 is 41.8 Å². The SMILES string of the molecule is CCOC(=O)C1=C(C=O)CS/C(=C(/C(=O)OC)N2C(=O)c3ccccc3C2=O)N1. The number of carbonyl (C=O) groups excluding carboxylic acids is 5. The Kier molecular flexibility index (Phi) is 5.83. The van der Waals surface area contributed by atoms with Gasteiger partial charge in [0.2, 0.25) is 0 Å². The van der Waals surface area contributed by atoms with Crippen molar-refractivity contribution in [2.75, 3.05) is 19.5 Å². The molecule has 1 aromatic rings. The van der Waals surface area contributed by atoms with Crippen molar-refractivity contribution < 1.29 is 33.4 Å². The fourth-order valence-electron chi connectivity index (χ4n) is 2.83. The van der Waals surface area contributed by atoms with E-state index in [4.69, 9.17) is 9.47 Å². The molecule has 150 valence electrons. The number of benzene rings is 1. The molecule has 0 radical (unpaired) electrons. The number of methoxy groups -OCH3 is 1. The summed E-state index contributed by atoms with van der Waals surface area (Å²) in [5, 5.41) is 2.70. The molecule has 2 heterocycles. The van der Waals surface area contributed by atoms with Crippen LogP contribution in [0.3, 0.4) is 0 Å². The van der Waals surface area contributed by atoms with E-state index < -0.39 is 23.8 Å². The Morgan fingerprint density at radius 1 is 1.21 bits per heavy atom. The lowest BCUT2D eigenvalue weighted by atomic mass is 10.1. The molecule has 2 aliphatic rings. The van der Waals surface area contributed by atoms with Gasteiger partial charge in [-0.3, -0.25) is 14.4 Å². The lowest BCUT2D eigenvalue weighted by Crippen LogP contribution is -2.38. The first kappa shape index (κ1) is 20.3. The third-order valence-corrected chi connectivity index (χ3v) is 5.20. The van der Waals surface area contributed by atoms with Gasteiger partial charge < -0.3 is 14.8 Å². The number of amides is 2. The number of esters is 2. The van der Waals surface area contributed by atoms with Gasteiger partial charge in [-0.15, -0.1) is 11.8 Å². The van der Waals surface area contributed by atoms with E-state index in [1.165, 1.54) is 12.1 Å². The summed E-state index contributed by atoms with van der Waals surface area (Å²) >= 11 is 0.981. The summed E-state index contributed by atoms with van der Waals surface area (Å²) in [7, 11) is 1.10. The molecular formula is C19H16N2O7S. The van der Waals surface area contributed by atoms with E-state index in [1.54, 1.807) is 19.1 Å². The molecule has 0 saturated carbocycles. The van der Waals surface area contributed by atoms with Gasteiger partial charge in [-0.25, -0.2) is 14.5 Å². The predicted molar refractivity (Wildman–Crippen MR) is 101 cm³/mol. The van der Waals surface area contributed by atoms with Crippen molar-refractivity contribution in [3.63, 3.8) is 0 Å². The Hall–Kier alpha value is -3.40. The summed E-state index contributed by atoms with van der Waals surface area (Å²) in [5.74, 6) is -3.09. The van der Waals surface area contributed by atoms with Gasteiger partial charge in [0.05, 0.1) is 24.8 Å². The van der Waals surface area contributed by atoms with Crippen molar-refractivity contribution in [1.82, 2.24) is 10.2 Å². The molecule has 0 spiro atoms. The first-order valence-corrected chi connectivity index (χ1v) is 9.48. The predicted octanol–water partition coefficient (Wildman–Crippen LogP) is 0.977. The molecule has 10 heteroatoms. The highest BCUT2D eigenvalue weighted by molar-refractivity contribution is 8.03. The molecule has 0 aromatic heterocycles. The summed E-state index contributed by atoms with van der Waals surface area (Å²) < 4.78 is 9.70. The number of rotatable bonds is 5. The van der Waals surface area contributed by atoms with Crippen LogP contribution in [-0.2, 0) is 23.9 Å². The fourth-order valence-corrected chi connectivity index (χ4v) is 3.83. The zero-order valence-electron chi connectivity index (χ0n) is 15.5. The van der Waals surface area contributed by atoms with Crippen LogP contribution in [0.1, 0.15) is 27.6 Å². The molecule has 2 amide bonds. The Labute approximate surface area is 169 Å². The molecule has 29 heavy (non-hydrogen) atoms. The Morgan fingerprint density at radius 2 is 1.83 bits per heavy atom. The first-order valence-electron chi connectivity index (χ1n) is 8.50. The molecule has 0 saturated heterocycles. The molecule has 9 nitrogen and oxygen atoms in total. The summed E-state index contributed by atoms with van der Waals surface area (Å²) in [6.07, 6.45) is 0.503.